The third-order valence-electron chi connectivity index (χ3n) is 5.51. The van der Waals surface area contributed by atoms with Crippen LogP contribution < -0.4 is 14.8 Å². The number of ether oxygens (including phenoxy) is 4. The fourth-order valence-electron chi connectivity index (χ4n) is 3.57. The first-order valence-electron chi connectivity index (χ1n) is 12.6. The molecule has 1 rings (SSSR count). The van der Waals surface area contributed by atoms with Gasteiger partial charge in [-0.3, -0.25) is 0 Å². The summed E-state index contributed by atoms with van der Waals surface area (Å²) in [6.45, 7) is 6.46. The van der Waals surface area contributed by atoms with Crippen molar-refractivity contribution in [2.24, 2.45) is 0 Å². The molecule has 0 aliphatic rings. The van der Waals surface area contributed by atoms with Gasteiger partial charge in [0, 0.05) is 11.1 Å². The average Bonchev–Trinajstić information content (AvgIpc) is 2.83. The molecule has 0 radical (unpaired) electrons. The number of carbonyl (C=O) groups is 2. The standard InChI is InChI=1S/C27H43NO9/c1-18-19(22(31)24(35-6)23(34-5)21(18)30)15-13-11-9-7-8-10-12-14-16-36-25(32)20(17-29)28-26(33)37-27(2,3)4/h13,15,20,29-31H,7-12,14,16-17H2,1-6H3,(H,28,33)/b15-13+. The number of alkyl carbamates (subject to hydrolysis) is 1. The number of phenols is 2. The monoisotopic (exact) mass is 525 g/mol. The summed E-state index contributed by atoms with van der Waals surface area (Å²) < 4.78 is 20.5. The van der Waals surface area contributed by atoms with Crippen molar-refractivity contribution in [1.82, 2.24) is 5.32 Å². The summed E-state index contributed by atoms with van der Waals surface area (Å²) in [6, 6.07) is -1.16. The lowest BCUT2D eigenvalue weighted by atomic mass is 10.0. The highest BCUT2D eigenvalue weighted by atomic mass is 16.6. The molecule has 1 unspecified atom stereocenters. The number of carbonyl (C=O) groups excluding carboxylic acids is 2. The number of amides is 1. The zero-order valence-electron chi connectivity index (χ0n) is 22.9. The highest BCUT2D eigenvalue weighted by Gasteiger charge is 2.25. The second-order valence-electron chi connectivity index (χ2n) is 9.66. The molecule has 0 bridgehead atoms. The normalized spacial score (nSPS) is 12.3. The number of aliphatic hydroxyl groups excluding tert-OH is 1. The molecule has 1 amide bonds. The number of aromatic hydroxyl groups is 2. The van der Waals surface area contributed by atoms with E-state index in [4.69, 9.17) is 18.9 Å². The van der Waals surface area contributed by atoms with E-state index in [9.17, 15) is 24.9 Å². The SMILES string of the molecule is COc1c(O)c(C)c(/C=C/CCCCCCCCOC(=O)C(CO)NC(=O)OC(C)(C)C)c(O)c1OC. The van der Waals surface area contributed by atoms with E-state index in [-0.39, 0.29) is 29.6 Å². The third kappa shape index (κ3) is 10.8. The van der Waals surface area contributed by atoms with E-state index in [1.54, 1.807) is 33.8 Å². The summed E-state index contributed by atoms with van der Waals surface area (Å²) in [5, 5.41) is 32.4. The minimum Gasteiger partial charge on any atom is -0.504 e. The van der Waals surface area contributed by atoms with E-state index in [0.717, 1.165) is 38.5 Å². The number of nitrogens with one attached hydrogen (secondary N) is 1. The molecular formula is C27H43NO9. The van der Waals surface area contributed by atoms with Crippen molar-refractivity contribution in [2.45, 2.75) is 84.3 Å². The molecule has 0 spiro atoms. The minimum absolute atomic E-state index is 0.0614. The van der Waals surface area contributed by atoms with E-state index in [2.05, 4.69) is 5.32 Å². The highest BCUT2D eigenvalue weighted by molar-refractivity contribution is 5.81. The maximum absolute atomic E-state index is 12.0. The van der Waals surface area contributed by atoms with Gasteiger partial charge in [-0.1, -0.05) is 37.8 Å². The van der Waals surface area contributed by atoms with Gasteiger partial charge in [0.15, 0.2) is 17.5 Å². The van der Waals surface area contributed by atoms with E-state index in [1.807, 2.05) is 6.08 Å². The second kappa shape index (κ2) is 15.9. The Labute approximate surface area is 219 Å². The Hall–Kier alpha value is -3.14. The van der Waals surface area contributed by atoms with Gasteiger partial charge in [-0.15, -0.1) is 0 Å². The average molecular weight is 526 g/mol. The maximum Gasteiger partial charge on any atom is 0.408 e. The van der Waals surface area contributed by atoms with E-state index < -0.39 is 30.3 Å². The molecule has 1 aromatic rings. The van der Waals surface area contributed by atoms with Crippen LogP contribution in [0.2, 0.25) is 0 Å². The molecule has 37 heavy (non-hydrogen) atoms. The van der Waals surface area contributed by atoms with E-state index in [1.165, 1.54) is 14.2 Å². The summed E-state index contributed by atoms with van der Waals surface area (Å²) in [5.74, 6) is -0.618. The van der Waals surface area contributed by atoms with Gasteiger partial charge in [0.05, 0.1) is 27.4 Å². The summed E-state index contributed by atoms with van der Waals surface area (Å²) in [4.78, 5) is 23.8. The number of hydrogen-bond acceptors (Lipinski definition) is 9. The predicted molar refractivity (Wildman–Crippen MR) is 140 cm³/mol. The van der Waals surface area contributed by atoms with Gasteiger partial charge in [-0.05, 0) is 47.0 Å². The van der Waals surface area contributed by atoms with Gasteiger partial charge in [0.25, 0.3) is 0 Å². The Morgan fingerprint density at radius 3 is 2.08 bits per heavy atom. The molecule has 10 nitrogen and oxygen atoms in total. The molecule has 4 N–H and O–H groups in total. The molecule has 1 atom stereocenters. The topological polar surface area (TPSA) is 144 Å². The second-order valence-corrected chi connectivity index (χ2v) is 9.66. The number of unbranched alkanes of at least 4 members (excludes halogenated alkanes) is 6. The first-order valence-corrected chi connectivity index (χ1v) is 12.6. The Bertz CT molecular complexity index is 906. The van der Waals surface area contributed by atoms with Crippen molar-refractivity contribution in [2.75, 3.05) is 27.4 Å². The maximum atomic E-state index is 12.0. The molecule has 0 heterocycles. The van der Waals surface area contributed by atoms with Crippen molar-refractivity contribution < 1.29 is 43.9 Å². The Kier molecular flexibility index (Phi) is 13.7. The highest BCUT2D eigenvalue weighted by Crippen LogP contribution is 2.48. The van der Waals surface area contributed by atoms with Crippen LogP contribution in [0.1, 0.15) is 76.8 Å². The molecular weight excluding hydrogens is 482 g/mol. The van der Waals surface area contributed by atoms with Gasteiger partial charge < -0.3 is 39.6 Å². The lowest BCUT2D eigenvalue weighted by Gasteiger charge is -2.22. The summed E-state index contributed by atoms with van der Waals surface area (Å²) in [5.41, 5.74) is 0.300. The quantitative estimate of drug-likeness (QED) is 0.147. The van der Waals surface area contributed by atoms with Crippen molar-refractivity contribution in [3.05, 3.63) is 17.2 Å². The molecule has 0 fully saturated rings. The number of esters is 1. The number of methoxy groups -OCH3 is 2. The van der Waals surface area contributed by atoms with Gasteiger partial charge >= 0.3 is 12.1 Å². The lowest BCUT2D eigenvalue weighted by molar-refractivity contribution is -0.147. The number of phenolic OH excluding ortho intramolecular Hbond substituents is 2. The van der Waals surface area contributed by atoms with Crippen LogP contribution in [0.15, 0.2) is 6.08 Å². The van der Waals surface area contributed by atoms with Gasteiger partial charge in [0.1, 0.15) is 5.60 Å². The summed E-state index contributed by atoms with van der Waals surface area (Å²) in [6.07, 6.45) is 9.37. The summed E-state index contributed by atoms with van der Waals surface area (Å²) in [7, 11) is 2.80. The molecule has 0 saturated carbocycles. The molecule has 0 aromatic heterocycles. The van der Waals surface area contributed by atoms with Crippen LogP contribution in [0.4, 0.5) is 4.79 Å². The van der Waals surface area contributed by atoms with Crippen LogP contribution in [0.3, 0.4) is 0 Å². The van der Waals surface area contributed by atoms with Crippen molar-refractivity contribution in [3.63, 3.8) is 0 Å². The minimum atomic E-state index is -1.16. The number of aliphatic hydroxyl groups is 1. The lowest BCUT2D eigenvalue weighted by Crippen LogP contribution is -2.46. The first-order chi connectivity index (χ1) is 17.5. The van der Waals surface area contributed by atoms with Crippen molar-refractivity contribution >= 4 is 18.1 Å². The zero-order valence-corrected chi connectivity index (χ0v) is 22.9. The first kappa shape index (κ1) is 31.9. The Morgan fingerprint density at radius 1 is 0.946 bits per heavy atom. The number of allylic oxidation sites excluding steroid dienone is 1. The predicted octanol–water partition coefficient (Wildman–Crippen LogP) is 4.60. The van der Waals surface area contributed by atoms with Crippen molar-refractivity contribution in [1.29, 1.82) is 0 Å². The molecule has 210 valence electrons. The Balaban J connectivity index is 2.27. The fourth-order valence-corrected chi connectivity index (χ4v) is 3.57. The molecule has 0 aliphatic carbocycles. The van der Waals surface area contributed by atoms with Gasteiger partial charge in [-0.2, -0.15) is 0 Å². The molecule has 0 saturated heterocycles. The molecule has 0 aliphatic heterocycles. The van der Waals surface area contributed by atoms with E-state index in [0.29, 0.717) is 17.5 Å². The van der Waals surface area contributed by atoms with Crippen molar-refractivity contribution in [3.8, 4) is 23.0 Å². The van der Waals surface area contributed by atoms with Crippen LogP contribution in [-0.4, -0.2) is 66.5 Å². The molecule has 10 heteroatoms. The number of rotatable bonds is 15. The Morgan fingerprint density at radius 2 is 1.51 bits per heavy atom. The van der Waals surface area contributed by atoms with Crippen LogP contribution in [0.25, 0.3) is 6.08 Å². The fraction of sp³-hybridized carbons (Fsp3) is 0.630. The van der Waals surface area contributed by atoms with Gasteiger partial charge in [0.2, 0.25) is 11.5 Å². The molecule has 1 aromatic carbocycles. The largest absolute Gasteiger partial charge is 0.504 e. The summed E-state index contributed by atoms with van der Waals surface area (Å²) >= 11 is 0. The van der Waals surface area contributed by atoms with Gasteiger partial charge in [-0.25, -0.2) is 9.59 Å². The third-order valence-corrected chi connectivity index (χ3v) is 5.51. The zero-order chi connectivity index (χ0) is 28.0. The number of benzene rings is 1. The van der Waals surface area contributed by atoms with Crippen LogP contribution in [0.5, 0.6) is 23.0 Å². The smallest absolute Gasteiger partial charge is 0.408 e. The number of hydrogen-bond donors (Lipinski definition) is 4. The van der Waals surface area contributed by atoms with Crippen LogP contribution in [-0.2, 0) is 14.3 Å². The van der Waals surface area contributed by atoms with Crippen LogP contribution in [0, 0.1) is 6.92 Å². The van der Waals surface area contributed by atoms with Crippen LogP contribution >= 0.6 is 0 Å². The van der Waals surface area contributed by atoms with E-state index >= 15 is 0 Å².